The van der Waals surface area contributed by atoms with Crippen molar-refractivity contribution >= 4 is 41.2 Å². The number of halogens is 4. The molecule has 0 spiro atoms. The summed E-state index contributed by atoms with van der Waals surface area (Å²) in [5, 5.41) is 11.1. The van der Waals surface area contributed by atoms with Crippen molar-refractivity contribution in [2.75, 3.05) is 26.3 Å². The van der Waals surface area contributed by atoms with Gasteiger partial charge in [-0.25, -0.2) is 8.78 Å². The van der Waals surface area contributed by atoms with Crippen LogP contribution in [0.4, 0.5) is 8.78 Å². The minimum Gasteiger partial charge on any atom is -0.490 e. The van der Waals surface area contributed by atoms with Gasteiger partial charge in [-0.2, -0.15) is 0 Å². The number of hydrogen-bond acceptors (Lipinski definition) is 5. The van der Waals surface area contributed by atoms with Crippen LogP contribution in [-0.2, 0) is 16.1 Å². The zero-order valence-electron chi connectivity index (χ0n) is 23.5. The van der Waals surface area contributed by atoms with Crippen molar-refractivity contribution in [1.82, 2.24) is 10.2 Å². The fourth-order valence-corrected chi connectivity index (χ4v) is 5.62. The van der Waals surface area contributed by atoms with Crippen LogP contribution in [0.15, 0.2) is 60.2 Å². The zero-order valence-corrected chi connectivity index (χ0v) is 25.1. The van der Waals surface area contributed by atoms with Gasteiger partial charge in [0.05, 0.1) is 10.0 Å². The normalized spacial score (nSPS) is 14.4. The molecule has 0 saturated heterocycles. The first-order chi connectivity index (χ1) is 20.7. The van der Waals surface area contributed by atoms with E-state index in [4.69, 9.17) is 42.6 Å². The maximum atomic E-state index is 13.8. The summed E-state index contributed by atoms with van der Waals surface area (Å²) >= 11 is 12.5. The van der Waals surface area contributed by atoms with E-state index >= 15 is 0 Å². The van der Waals surface area contributed by atoms with Gasteiger partial charge in [-0.1, -0.05) is 35.3 Å². The number of carboxylic acid groups (broad SMARTS) is 1. The van der Waals surface area contributed by atoms with E-state index in [1.807, 2.05) is 31.2 Å². The average molecular weight is 634 g/mol. The molecule has 1 amide bonds. The summed E-state index contributed by atoms with van der Waals surface area (Å²) in [7, 11) is 0. The monoisotopic (exact) mass is 632 g/mol. The number of amides is 1. The van der Waals surface area contributed by atoms with Crippen LogP contribution in [0.25, 0.3) is 5.57 Å². The van der Waals surface area contributed by atoms with Gasteiger partial charge in [0.2, 0.25) is 0 Å². The minimum atomic E-state index is -0.644. The van der Waals surface area contributed by atoms with E-state index in [0.717, 1.165) is 42.2 Å². The van der Waals surface area contributed by atoms with Gasteiger partial charge in [-0.05, 0) is 91.4 Å². The van der Waals surface area contributed by atoms with E-state index in [1.165, 1.54) is 12.1 Å². The third kappa shape index (κ3) is 8.92. The predicted octanol–water partition coefficient (Wildman–Crippen LogP) is 6.68. The Labute approximate surface area is 259 Å². The Bertz CT molecular complexity index is 1440. The summed E-state index contributed by atoms with van der Waals surface area (Å²) in [6.45, 7) is 3.59. The van der Waals surface area contributed by atoms with Crippen LogP contribution in [0, 0.1) is 18.6 Å². The number of nitrogens with one attached hydrogen (secondary N) is 1. The number of rotatable bonds is 10. The summed E-state index contributed by atoms with van der Waals surface area (Å²) in [5.74, 6) is -0.280. The molecule has 0 atom stereocenters. The molecule has 228 valence electrons. The van der Waals surface area contributed by atoms with Crippen LogP contribution in [0.3, 0.4) is 0 Å². The zero-order chi connectivity index (χ0) is 30.9. The second kappa shape index (κ2) is 15.2. The molecule has 0 unspecified atom stereocenters. The highest BCUT2D eigenvalue weighted by atomic mass is 35.5. The molecule has 0 aromatic heterocycles. The Kier molecular flexibility index (Phi) is 11.4. The van der Waals surface area contributed by atoms with Crippen molar-refractivity contribution in [3.8, 4) is 11.5 Å². The molecule has 1 fully saturated rings. The second-order valence-electron chi connectivity index (χ2n) is 10.2. The lowest BCUT2D eigenvalue weighted by atomic mass is 9.93. The van der Waals surface area contributed by atoms with Gasteiger partial charge in [-0.15, -0.1) is 0 Å². The standard InChI is InChI=1S/C31H30Cl2F2N2O3.CH2O2/c1-19-12-28(32)30(29(33)13-19)40-11-10-39-25-6-2-21(3-7-25)26-8-9-36-17-27(26)31(38)37(24-4-5-24)18-20-14-22(34)16-23(35)15-20;2-1-3/h2-3,6-7,12-16,24,36H,4-5,8-11,17-18H2,1H3;1H,(H,2,3). The number of aryl methyl sites for hydroxylation is 1. The number of ether oxygens (including phenoxy) is 2. The van der Waals surface area contributed by atoms with Crippen molar-refractivity contribution in [3.05, 3.63) is 98.5 Å². The molecular formula is C32H32Cl2F2N2O5. The minimum absolute atomic E-state index is 0.0807. The molecule has 1 aliphatic heterocycles. The van der Waals surface area contributed by atoms with Crippen molar-refractivity contribution in [2.24, 2.45) is 0 Å². The molecular weight excluding hydrogens is 601 g/mol. The fourth-order valence-electron chi connectivity index (χ4n) is 4.91. The van der Waals surface area contributed by atoms with Crippen molar-refractivity contribution in [1.29, 1.82) is 0 Å². The molecule has 3 aromatic rings. The second-order valence-corrected chi connectivity index (χ2v) is 11.0. The molecule has 2 aliphatic rings. The van der Waals surface area contributed by atoms with Crippen LogP contribution in [0.2, 0.25) is 10.0 Å². The lowest BCUT2D eigenvalue weighted by Gasteiger charge is -2.28. The molecule has 1 heterocycles. The van der Waals surface area contributed by atoms with Crippen molar-refractivity contribution in [3.63, 3.8) is 0 Å². The number of nitrogens with zero attached hydrogens (tertiary/aromatic N) is 1. The third-order valence-electron chi connectivity index (χ3n) is 6.94. The van der Waals surface area contributed by atoms with E-state index in [1.54, 1.807) is 17.0 Å². The van der Waals surface area contributed by atoms with E-state index < -0.39 is 11.6 Å². The summed E-state index contributed by atoms with van der Waals surface area (Å²) in [4.78, 5) is 23.9. The highest BCUT2D eigenvalue weighted by molar-refractivity contribution is 6.37. The predicted molar refractivity (Wildman–Crippen MR) is 162 cm³/mol. The quantitative estimate of drug-likeness (QED) is 0.192. The highest BCUT2D eigenvalue weighted by Crippen LogP contribution is 2.35. The SMILES string of the molecule is Cc1cc(Cl)c(OCCOc2ccc(C3=C(C(=O)N(Cc4cc(F)cc(F)c4)C4CC4)CNCC3)cc2)c(Cl)c1.O=CO. The molecule has 11 heteroatoms. The fraction of sp³-hybridized carbons (Fsp3) is 0.312. The number of carbonyl (C=O) groups excluding carboxylic acids is 1. The van der Waals surface area contributed by atoms with Gasteiger partial charge in [0.25, 0.3) is 12.4 Å². The molecule has 7 nitrogen and oxygen atoms in total. The van der Waals surface area contributed by atoms with Crippen molar-refractivity contribution in [2.45, 2.75) is 38.8 Å². The number of carbonyl (C=O) groups is 2. The van der Waals surface area contributed by atoms with Gasteiger partial charge in [-0.3, -0.25) is 9.59 Å². The number of benzene rings is 3. The van der Waals surface area contributed by atoms with Crippen LogP contribution in [0.1, 0.15) is 36.0 Å². The molecule has 43 heavy (non-hydrogen) atoms. The van der Waals surface area contributed by atoms with Gasteiger partial charge >= 0.3 is 0 Å². The van der Waals surface area contributed by atoms with Crippen LogP contribution in [0.5, 0.6) is 11.5 Å². The first kappa shape index (κ1) is 32.3. The first-order valence-electron chi connectivity index (χ1n) is 13.8. The summed E-state index contributed by atoms with van der Waals surface area (Å²) in [6.07, 6.45) is 2.47. The summed E-state index contributed by atoms with van der Waals surface area (Å²) < 4.78 is 39.1. The Morgan fingerprint density at radius 3 is 2.23 bits per heavy atom. The largest absolute Gasteiger partial charge is 0.490 e. The Morgan fingerprint density at radius 1 is 1.02 bits per heavy atom. The number of hydrogen-bond donors (Lipinski definition) is 2. The molecule has 0 bridgehead atoms. The smallest absolute Gasteiger partial charge is 0.290 e. The van der Waals surface area contributed by atoms with E-state index in [-0.39, 0.29) is 31.6 Å². The Balaban J connectivity index is 0.00000135. The average Bonchev–Trinajstić information content (AvgIpc) is 3.80. The molecule has 1 saturated carbocycles. The molecule has 5 rings (SSSR count). The lowest BCUT2D eigenvalue weighted by Crippen LogP contribution is -2.39. The maximum absolute atomic E-state index is 13.8. The van der Waals surface area contributed by atoms with E-state index in [0.29, 0.717) is 52.3 Å². The molecule has 3 aromatic carbocycles. The van der Waals surface area contributed by atoms with Crippen LogP contribution >= 0.6 is 23.2 Å². The summed E-state index contributed by atoms with van der Waals surface area (Å²) in [6, 6.07) is 14.7. The molecule has 1 aliphatic carbocycles. The highest BCUT2D eigenvalue weighted by Gasteiger charge is 2.35. The molecule has 0 radical (unpaired) electrons. The van der Waals surface area contributed by atoms with Crippen LogP contribution in [-0.4, -0.2) is 54.7 Å². The molecule has 2 N–H and O–H groups in total. The topological polar surface area (TPSA) is 88.1 Å². The van der Waals surface area contributed by atoms with E-state index in [9.17, 15) is 13.6 Å². The maximum Gasteiger partial charge on any atom is 0.290 e. The van der Waals surface area contributed by atoms with Gasteiger partial charge in [0.1, 0.15) is 30.6 Å². The first-order valence-corrected chi connectivity index (χ1v) is 14.5. The lowest BCUT2D eigenvalue weighted by molar-refractivity contribution is -0.128. The van der Waals surface area contributed by atoms with Gasteiger partial charge in [0.15, 0.2) is 5.75 Å². The van der Waals surface area contributed by atoms with Crippen molar-refractivity contribution < 1.29 is 33.0 Å². The Morgan fingerprint density at radius 2 is 1.63 bits per heavy atom. The van der Waals surface area contributed by atoms with Crippen LogP contribution < -0.4 is 14.8 Å². The third-order valence-corrected chi connectivity index (χ3v) is 7.51. The van der Waals surface area contributed by atoms with E-state index in [2.05, 4.69) is 5.32 Å². The van der Waals surface area contributed by atoms with Gasteiger partial charge < -0.3 is 24.8 Å². The Hall–Kier alpha value is -3.66. The summed E-state index contributed by atoms with van der Waals surface area (Å²) in [5.41, 5.74) is 4.00. The van der Waals surface area contributed by atoms with Gasteiger partial charge in [0, 0.05) is 30.8 Å².